The highest BCUT2D eigenvalue weighted by Crippen LogP contribution is 2.38. The number of amides is 1. The minimum absolute atomic E-state index is 0.00181. The zero-order chi connectivity index (χ0) is 19.0. The molecule has 27 heavy (non-hydrogen) atoms. The summed E-state index contributed by atoms with van der Waals surface area (Å²) >= 11 is 7.88. The smallest absolute Gasteiger partial charge is 0.254 e. The summed E-state index contributed by atoms with van der Waals surface area (Å²) in [6, 6.07) is 7.62. The fourth-order valence-corrected chi connectivity index (χ4v) is 4.79. The normalized spacial score (nSPS) is 16.5. The molecule has 0 bridgehead atoms. The van der Waals surface area contributed by atoms with Crippen LogP contribution in [0.5, 0.6) is 0 Å². The average Bonchev–Trinajstić information content (AvgIpc) is 3.33. The zero-order valence-electron chi connectivity index (χ0n) is 14.9. The van der Waals surface area contributed by atoms with Gasteiger partial charge in [-0.2, -0.15) is 5.10 Å². The Morgan fingerprint density at radius 3 is 2.78 bits per heavy atom. The number of carbonyl (C=O) groups is 1. The zero-order valence-corrected chi connectivity index (χ0v) is 16.5. The molecule has 2 N–H and O–H groups in total. The molecule has 0 radical (unpaired) electrons. The first-order valence-electron chi connectivity index (χ1n) is 8.82. The number of thiophene rings is 1. The van der Waals surface area contributed by atoms with Gasteiger partial charge in [0.1, 0.15) is 0 Å². The molecule has 3 heterocycles. The topological polar surface area (TPSA) is 69.2 Å². The third kappa shape index (κ3) is 3.52. The minimum Gasteiger partial charge on any atom is -0.385 e. The lowest BCUT2D eigenvalue weighted by atomic mass is 9.84. The second-order valence-electron chi connectivity index (χ2n) is 6.99. The van der Waals surface area contributed by atoms with Gasteiger partial charge in [0.25, 0.3) is 5.91 Å². The molecule has 0 aliphatic carbocycles. The number of halogens is 1. The number of hydrogen-bond donors (Lipinski definition) is 2. The van der Waals surface area contributed by atoms with Crippen molar-refractivity contribution in [1.82, 2.24) is 15.1 Å². The van der Waals surface area contributed by atoms with E-state index in [0.29, 0.717) is 36.5 Å². The van der Waals surface area contributed by atoms with Crippen LogP contribution in [0, 0.1) is 6.92 Å². The van der Waals surface area contributed by atoms with Gasteiger partial charge in [0, 0.05) is 45.7 Å². The number of benzene rings is 1. The molecular formula is C20H20ClN3O2S. The number of carbonyl (C=O) groups excluding carboxylic acids is 1. The van der Waals surface area contributed by atoms with Crippen LogP contribution >= 0.6 is 22.9 Å². The van der Waals surface area contributed by atoms with Crippen LogP contribution in [0.4, 0.5) is 0 Å². The first kappa shape index (κ1) is 18.2. The summed E-state index contributed by atoms with van der Waals surface area (Å²) in [6.07, 6.45) is 4.50. The maximum Gasteiger partial charge on any atom is 0.254 e. The van der Waals surface area contributed by atoms with Crippen molar-refractivity contribution in [3.05, 3.63) is 63.8 Å². The molecule has 0 spiro atoms. The van der Waals surface area contributed by atoms with Crippen LogP contribution in [0.3, 0.4) is 0 Å². The number of aromatic amines is 1. The number of piperidine rings is 1. The molecule has 2 aromatic heterocycles. The number of aryl methyl sites for hydroxylation is 1. The summed E-state index contributed by atoms with van der Waals surface area (Å²) < 4.78 is 0. The fourth-order valence-electron chi connectivity index (χ4n) is 3.51. The Morgan fingerprint density at radius 1 is 1.33 bits per heavy atom. The van der Waals surface area contributed by atoms with Gasteiger partial charge in [0.15, 0.2) is 0 Å². The number of hydrogen-bond acceptors (Lipinski definition) is 4. The number of likely N-dealkylation sites (tertiary alicyclic amines) is 1. The molecule has 1 aromatic carbocycles. The SMILES string of the molecule is Cc1ccc(C2(O)CCN(C(=O)c3csc(-c4cn[nH]c4)c3)CC2)c(Cl)c1. The quantitative estimate of drug-likeness (QED) is 0.690. The number of H-pyrrole nitrogens is 1. The molecule has 0 saturated carbocycles. The maximum absolute atomic E-state index is 12.8. The van der Waals surface area contributed by atoms with E-state index in [2.05, 4.69) is 10.2 Å². The summed E-state index contributed by atoms with van der Waals surface area (Å²) in [5.74, 6) is -0.00181. The average molecular weight is 402 g/mol. The second kappa shape index (κ2) is 7.11. The van der Waals surface area contributed by atoms with Crippen molar-refractivity contribution in [2.75, 3.05) is 13.1 Å². The molecule has 0 unspecified atom stereocenters. The molecule has 1 saturated heterocycles. The first-order valence-corrected chi connectivity index (χ1v) is 10.1. The van der Waals surface area contributed by atoms with Crippen molar-refractivity contribution in [3.63, 3.8) is 0 Å². The van der Waals surface area contributed by atoms with Crippen LogP contribution < -0.4 is 0 Å². The Kier molecular flexibility index (Phi) is 4.80. The van der Waals surface area contributed by atoms with E-state index in [0.717, 1.165) is 21.6 Å². The lowest BCUT2D eigenvalue weighted by Gasteiger charge is -2.39. The molecule has 1 aliphatic heterocycles. The first-order chi connectivity index (χ1) is 13.0. The molecule has 140 valence electrons. The van der Waals surface area contributed by atoms with Crippen LogP contribution in [-0.2, 0) is 5.60 Å². The van der Waals surface area contributed by atoms with Crippen molar-refractivity contribution in [2.24, 2.45) is 0 Å². The van der Waals surface area contributed by atoms with Gasteiger partial charge < -0.3 is 10.0 Å². The Morgan fingerprint density at radius 2 is 2.11 bits per heavy atom. The number of nitrogens with zero attached hydrogens (tertiary/aromatic N) is 2. The van der Waals surface area contributed by atoms with E-state index in [-0.39, 0.29) is 5.91 Å². The summed E-state index contributed by atoms with van der Waals surface area (Å²) in [7, 11) is 0. The van der Waals surface area contributed by atoms with Gasteiger partial charge in [-0.15, -0.1) is 11.3 Å². The van der Waals surface area contributed by atoms with E-state index >= 15 is 0 Å². The Bertz CT molecular complexity index is 960. The van der Waals surface area contributed by atoms with Crippen LogP contribution in [0.1, 0.15) is 34.3 Å². The number of aromatic nitrogens is 2. The van der Waals surface area contributed by atoms with Crippen molar-refractivity contribution in [2.45, 2.75) is 25.4 Å². The van der Waals surface area contributed by atoms with Crippen LogP contribution in [0.25, 0.3) is 10.4 Å². The molecule has 4 rings (SSSR count). The van der Waals surface area contributed by atoms with Crippen molar-refractivity contribution < 1.29 is 9.90 Å². The number of nitrogens with one attached hydrogen (secondary N) is 1. The molecular weight excluding hydrogens is 382 g/mol. The van der Waals surface area contributed by atoms with Crippen molar-refractivity contribution in [1.29, 1.82) is 0 Å². The van der Waals surface area contributed by atoms with E-state index in [1.54, 1.807) is 11.1 Å². The predicted octanol–water partition coefficient (Wildman–Crippen LogP) is 4.22. The van der Waals surface area contributed by atoms with E-state index in [1.165, 1.54) is 11.3 Å². The summed E-state index contributed by atoms with van der Waals surface area (Å²) in [5.41, 5.74) is 2.47. The van der Waals surface area contributed by atoms with Gasteiger partial charge in [0.2, 0.25) is 0 Å². The molecule has 1 amide bonds. The van der Waals surface area contributed by atoms with Gasteiger partial charge in [-0.1, -0.05) is 23.7 Å². The van der Waals surface area contributed by atoms with Crippen molar-refractivity contribution >= 4 is 28.8 Å². The van der Waals surface area contributed by atoms with E-state index in [4.69, 9.17) is 11.6 Å². The molecule has 5 nitrogen and oxygen atoms in total. The Balaban J connectivity index is 1.46. The maximum atomic E-state index is 12.8. The monoisotopic (exact) mass is 401 g/mol. The van der Waals surface area contributed by atoms with Crippen LogP contribution in [-0.4, -0.2) is 39.2 Å². The predicted molar refractivity (Wildman–Crippen MR) is 107 cm³/mol. The van der Waals surface area contributed by atoms with Gasteiger partial charge in [-0.05, 0) is 37.5 Å². The van der Waals surface area contributed by atoms with Gasteiger partial charge >= 0.3 is 0 Å². The fraction of sp³-hybridized carbons (Fsp3) is 0.300. The summed E-state index contributed by atoms with van der Waals surface area (Å²) in [6.45, 7) is 2.96. The van der Waals surface area contributed by atoms with Crippen molar-refractivity contribution in [3.8, 4) is 10.4 Å². The largest absolute Gasteiger partial charge is 0.385 e. The van der Waals surface area contributed by atoms with E-state index in [1.807, 2.05) is 42.8 Å². The molecule has 1 fully saturated rings. The highest BCUT2D eigenvalue weighted by molar-refractivity contribution is 7.13. The van der Waals surface area contributed by atoms with E-state index in [9.17, 15) is 9.90 Å². The molecule has 0 atom stereocenters. The summed E-state index contributed by atoms with van der Waals surface area (Å²) in [4.78, 5) is 15.7. The Hall–Kier alpha value is -2.15. The number of rotatable bonds is 3. The third-order valence-corrected chi connectivity index (χ3v) is 6.42. The lowest BCUT2D eigenvalue weighted by molar-refractivity contribution is -0.0210. The van der Waals surface area contributed by atoms with Crippen LogP contribution in [0.2, 0.25) is 5.02 Å². The number of aliphatic hydroxyl groups is 1. The van der Waals surface area contributed by atoms with Gasteiger partial charge in [-0.3, -0.25) is 9.89 Å². The van der Waals surface area contributed by atoms with Crippen LogP contribution in [0.15, 0.2) is 42.0 Å². The molecule has 1 aliphatic rings. The summed E-state index contributed by atoms with van der Waals surface area (Å²) in [5, 5.41) is 20.3. The lowest BCUT2D eigenvalue weighted by Crippen LogP contribution is -2.45. The van der Waals surface area contributed by atoms with E-state index < -0.39 is 5.60 Å². The highest BCUT2D eigenvalue weighted by atomic mass is 35.5. The standard InChI is InChI=1S/C20H20ClN3O2S/c1-13-2-3-16(17(21)8-13)20(26)4-6-24(7-5-20)19(25)14-9-18(27-12-14)15-10-22-23-11-15/h2-3,8-12,26H,4-7H2,1H3,(H,22,23). The van der Waals surface area contributed by atoms with Gasteiger partial charge in [-0.25, -0.2) is 0 Å². The highest BCUT2D eigenvalue weighted by Gasteiger charge is 2.37. The third-order valence-electron chi connectivity index (χ3n) is 5.13. The Labute approximate surface area is 166 Å². The van der Waals surface area contributed by atoms with Gasteiger partial charge in [0.05, 0.1) is 17.4 Å². The minimum atomic E-state index is -0.988. The second-order valence-corrected chi connectivity index (χ2v) is 8.31. The molecule has 3 aromatic rings. The molecule has 7 heteroatoms.